The van der Waals surface area contributed by atoms with Crippen LogP contribution in [0.2, 0.25) is 0 Å². The first kappa shape index (κ1) is 25.1. The molecule has 1 aromatic rings. The molecule has 1 aromatic carbocycles. The van der Waals surface area contributed by atoms with Crippen LogP contribution >= 0.6 is 24.0 Å². The Morgan fingerprint density at radius 2 is 1.93 bits per heavy atom. The summed E-state index contributed by atoms with van der Waals surface area (Å²) in [5.41, 5.74) is 2.66. The average Bonchev–Trinajstić information content (AvgIpc) is 2.61. The van der Waals surface area contributed by atoms with Crippen LogP contribution < -0.4 is 5.32 Å². The highest BCUT2D eigenvalue weighted by atomic mass is 127. The molecule has 0 bridgehead atoms. The molecule has 1 N–H and O–H groups in total. The number of aliphatic imine (C=N–C) groups is 1. The van der Waals surface area contributed by atoms with Gasteiger partial charge in [-0.25, -0.2) is 8.42 Å². The number of hydrogen-bond donors (Lipinski definition) is 1. The smallest absolute Gasteiger partial charge is 0.193 e. The molecule has 0 spiro atoms. The van der Waals surface area contributed by atoms with Gasteiger partial charge in [-0.15, -0.1) is 24.0 Å². The van der Waals surface area contributed by atoms with Crippen molar-refractivity contribution in [2.75, 3.05) is 65.0 Å². The summed E-state index contributed by atoms with van der Waals surface area (Å²) < 4.78 is 27.5. The Balaban J connectivity index is 0.00000392. The molecule has 9 heteroatoms. The highest BCUT2D eigenvalue weighted by Crippen LogP contribution is 2.10. The third-order valence-electron chi connectivity index (χ3n) is 4.50. The first-order valence-corrected chi connectivity index (χ1v) is 11.4. The van der Waals surface area contributed by atoms with Crippen molar-refractivity contribution < 1.29 is 13.2 Å². The number of halogens is 1. The highest BCUT2D eigenvalue weighted by Gasteiger charge is 2.19. The molecule has 0 unspecified atom stereocenters. The lowest BCUT2D eigenvalue weighted by Crippen LogP contribution is -2.52. The summed E-state index contributed by atoms with van der Waals surface area (Å²) in [6.07, 6.45) is 1.22. The Labute approximate surface area is 186 Å². The third-order valence-corrected chi connectivity index (χ3v) is 5.41. The molecule has 160 valence electrons. The maximum Gasteiger partial charge on any atom is 0.193 e. The number of rotatable bonds is 8. The number of hydrogen-bond acceptors (Lipinski definition) is 5. The molecule has 0 aliphatic carbocycles. The zero-order valence-corrected chi connectivity index (χ0v) is 20.2. The molecular formula is C19H33IN4O3S. The number of nitrogens with one attached hydrogen (secondary N) is 1. The molecule has 1 saturated heterocycles. The standard InChI is InChI=1S/C19H32N4O3S.HI/c1-17-5-4-6-18(15-17)16-22-8-10-23(11-9-22)19(20-2)21-7-12-26-13-14-27(3,24)25;/h4-6,15H,7-14,16H2,1-3H3,(H,20,21);1H. The van der Waals surface area contributed by atoms with Crippen LogP contribution in [-0.4, -0.2) is 89.2 Å². The van der Waals surface area contributed by atoms with E-state index in [1.807, 2.05) is 0 Å². The van der Waals surface area contributed by atoms with Crippen LogP contribution in [-0.2, 0) is 21.1 Å². The molecule has 0 saturated carbocycles. The maximum atomic E-state index is 11.1. The number of ether oxygens (including phenoxy) is 1. The average molecular weight is 524 g/mol. The van der Waals surface area contributed by atoms with Crippen molar-refractivity contribution in [2.45, 2.75) is 13.5 Å². The van der Waals surface area contributed by atoms with Crippen LogP contribution in [0.3, 0.4) is 0 Å². The molecule has 0 radical (unpaired) electrons. The first-order chi connectivity index (χ1) is 12.9. The van der Waals surface area contributed by atoms with Gasteiger partial charge in [-0.05, 0) is 12.5 Å². The Kier molecular flexibility index (Phi) is 11.3. The van der Waals surface area contributed by atoms with Gasteiger partial charge in [0, 0.05) is 52.6 Å². The fourth-order valence-corrected chi connectivity index (χ4v) is 3.49. The van der Waals surface area contributed by atoms with Gasteiger partial charge in [0.05, 0.1) is 19.0 Å². The van der Waals surface area contributed by atoms with Gasteiger partial charge in [0.1, 0.15) is 9.84 Å². The summed E-state index contributed by atoms with van der Waals surface area (Å²) in [7, 11) is -1.18. The van der Waals surface area contributed by atoms with Crippen molar-refractivity contribution >= 4 is 39.8 Å². The summed E-state index contributed by atoms with van der Waals surface area (Å²) in [5.74, 6) is 0.932. The summed E-state index contributed by atoms with van der Waals surface area (Å²) in [6, 6.07) is 8.67. The SMILES string of the molecule is CN=C(NCCOCCS(C)(=O)=O)N1CCN(Cc2cccc(C)c2)CC1.I. The number of nitrogens with zero attached hydrogens (tertiary/aromatic N) is 3. The van der Waals surface area contributed by atoms with Gasteiger partial charge in [0.15, 0.2) is 5.96 Å². The van der Waals surface area contributed by atoms with E-state index in [1.165, 1.54) is 17.4 Å². The van der Waals surface area contributed by atoms with Crippen molar-refractivity contribution in [1.29, 1.82) is 0 Å². The lowest BCUT2D eigenvalue weighted by atomic mass is 10.1. The molecule has 1 heterocycles. The normalized spacial score (nSPS) is 16.0. The Morgan fingerprint density at radius 1 is 1.21 bits per heavy atom. The van der Waals surface area contributed by atoms with Gasteiger partial charge in [-0.2, -0.15) is 0 Å². The molecule has 1 aliphatic rings. The molecule has 0 atom stereocenters. The van der Waals surface area contributed by atoms with Gasteiger partial charge >= 0.3 is 0 Å². The van der Waals surface area contributed by atoms with Crippen molar-refractivity contribution in [3.63, 3.8) is 0 Å². The second-order valence-corrected chi connectivity index (χ2v) is 9.23. The Morgan fingerprint density at radius 3 is 2.54 bits per heavy atom. The molecular weight excluding hydrogens is 491 g/mol. The zero-order chi connectivity index (χ0) is 19.7. The summed E-state index contributed by atoms with van der Waals surface area (Å²) in [4.78, 5) is 9.07. The van der Waals surface area contributed by atoms with E-state index < -0.39 is 9.84 Å². The third kappa shape index (κ3) is 9.53. The molecule has 7 nitrogen and oxygen atoms in total. The number of aryl methyl sites for hydroxylation is 1. The minimum Gasteiger partial charge on any atom is -0.379 e. The van der Waals surface area contributed by atoms with E-state index in [0.717, 1.165) is 38.7 Å². The second kappa shape index (κ2) is 12.6. The van der Waals surface area contributed by atoms with Crippen LogP contribution in [0.1, 0.15) is 11.1 Å². The number of guanidine groups is 1. The fourth-order valence-electron chi connectivity index (χ4n) is 3.07. The van der Waals surface area contributed by atoms with Crippen molar-refractivity contribution in [3.8, 4) is 0 Å². The molecule has 2 rings (SSSR count). The van der Waals surface area contributed by atoms with Crippen LogP contribution in [0, 0.1) is 6.92 Å². The van der Waals surface area contributed by atoms with Crippen LogP contribution in [0.5, 0.6) is 0 Å². The van der Waals surface area contributed by atoms with Gasteiger partial charge in [-0.3, -0.25) is 9.89 Å². The van der Waals surface area contributed by atoms with E-state index in [2.05, 4.69) is 51.3 Å². The lowest BCUT2D eigenvalue weighted by molar-refractivity contribution is 0.150. The van der Waals surface area contributed by atoms with E-state index in [1.54, 1.807) is 7.05 Å². The first-order valence-electron chi connectivity index (χ1n) is 9.36. The van der Waals surface area contributed by atoms with E-state index in [-0.39, 0.29) is 36.3 Å². The van der Waals surface area contributed by atoms with Crippen molar-refractivity contribution in [2.24, 2.45) is 4.99 Å². The number of piperazine rings is 1. The van der Waals surface area contributed by atoms with Crippen LogP contribution in [0.15, 0.2) is 29.3 Å². The van der Waals surface area contributed by atoms with Gasteiger partial charge in [0.25, 0.3) is 0 Å². The van der Waals surface area contributed by atoms with Crippen LogP contribution in [0.25, 0.3) is 0 Å². The summed E-state index contributed by atoms with van der Waals surface area (Å²) in [5, 5.41) is 3.29. The Hall–Kier alpha value is -0.910. The highest BCUT2D eigenvalue weighted by molar-refractivity contribution is 14.0. The molecule has 0 aromatic heterocycles. The molecule has 1 aliphatic heterocycles. The summed E-state index contributed by atoms with van der Waals surface area (Å²) >= 11 is 0. The zero-order valence-electron chi connectivity index (χ0n) is 17.1. The van der Waals surface area contributed by atoms with E-state index in [4.69, 9.17) is 4.74 Å². The molecule has 0 amide bonds. The minimum absolute atomic E-state index is 0. The van der Waals surface area contributed by atoms with Gasteiger partial charge < -0.3 is 15.0 Å². The van der Waals surface area contributed by atoms with Gasteiger partial charge in [0.2, 0.25) is 0 Å². The molecule has 1 fully saturated rings. The minimum atomic E-state index is -2.96. The predicted octanol–water partition coefficient (Wildman–Crippen LogP) is 1.37. The quantitative estimate of drug-likeness (QED) is 0.240. The Bertz CT molecular complexity index is 720. The predicted molar refractivity (Wildman–Crippen MR) is 125 cm³/mol. The summed E-state index contributed by atoms with van der Waals surface area (Å²) in [6.45, 7) is 8.27. The van der Waals surface area contributed by atoms with E-state index >= 15 is 0 Å². The van der Waals surface area contributed by atoms with Crippen LogP contribution in [0.4, 0.5) is 0 Å². The van der Waals surface area contributed by atoms with E-state index in [0.29, 0.717) is 13.2 Å². The lowest BCUT2D eigenvalue weighted by Gasteiger charge is -2.36. The fraction of sp³-hybridized carbons (Fsp3) is 0.632. The monoisotopic (exact) mass is 524 g/mol. The second-order valence-electron chi connectivity index (χ2n) is 6.97. The largest absolute Gasteiger partial charge is 0.379 e. The topological polar surface area (TPSA) is 74.2 Å². The van der Waals surface area contributed by atoms with Crippen molar-refractivity contribution in [3.05, 3.63) is 35.4 Å². The van der Waals surface area contributed by atoms with E-state index in [9.17, 15) is 8.42 Å². The van der Waals surface area contributed by atoms with Crippen molar-refractivity contribution in [1.82, 2.24) is 15.1 Å². The maximum absolute atomic E-state index is 11.1. The number of sulfone groups is 1. The molecule has 28 heavy (non-hydrogen) atoms. The van der Waals surface area contributed by atoms with Gasteiger partial charge in [-0.1, -0.05) is 29.8 Å². The number of benzene rings is 1.